The zero-order valence-corrected chi connectivity index (χ0v) is 24.4. The number of ketones is 3. The van der Waals surface area contributed by atoms with Gasteiger partial charge in [0.1, 0.15) is 24.4 Å². The second kappa shape index (κ2) is 23.7. The first-order valence-corrected chi connectivity index (χ1v) is 13.9. The van der Waals surface area contributed by atoms with Crippen molar-refractivity contribution in [3.63, 3.8) is 0 Å². The van der Waals surface area contributed by atoms with Gasteiger partial charge in [-0.05, 0) is 0 Å². The fraction of sp³-hybridized carbons (Fsp3) is 0.778. The topological polar surface area (TPSA) is 218 Å². The van der Waals surface area contributed by atoms with Crippen LogP contribution in [0.3, 0.4) is 0 Å². The average Bonchev–Trinajstić information content (AvgIpc) is 3.00. The van der Waals surface area contributed by atoms with Crippen LogP contribution in [0.5, 0.6) is 0 Å². The van der Waals surface area contributed by atoms with Gasteiger partial charge in [-0.15, -0.1) is 0 Å². The lowest BCUT2D eigenvalue weighted by molar-refractivity contribution is -0.176. The lowest BCUT2D eigenvalue weighted by atomic mass is 10.0. The van der Waals surface area contributed by atoms with Crippen molar-refractivity contribution in [1.29, 1.82) is 0 Å². The van der Waals surface area contributed by atoms with Gasteiger partial charge in [-0.2, -0.15) is 0 Å². The Morgan fingerprint density at radius 1 is 0.548 bits per heavy atom. The highest BCUT2D eigenvalue weighted by atomic mass is 16.6. The molecule has 0 aliphatic rings. The fourth-order valence-electron chi connectivity index (χ4n) is 3.14. The quantitative estimate of drug-likeness (QED) is 0.0475. The number of rotatable bonds is 26. The summed E-state index contributed by atoms with van der Waals surface area (Å²) in [5.41, 5.74) is 0. The van der Waals surface area contributed by atoms with Crippen LogP contribution in [0.1, 0.15) is 59.3 Å². The number of aliphatic hydroxyl groups excluding tert-OH is 3. The molecule has 0 fully saturated rings. The summed E-state index contributed by atoms with van der Waals surface area (Å²) in [7, 11) is 0. The molecule has 0 radical (unpaired) electrons. The minimum Gasteiger partial charge on any atom is -0.460 e. The highest BCUT2D eigenvalue weighted by molar-refractivity contribution is 6.34. The second-order valence-electron chi connectivity index (χ2n) is 8.86. The molecule has 15 heteroatoms. The van der Waals surface area contributed by atoms with Crippen molar-refractivity contribution in [3.05, 3.63) is 0 Å². The molecule has 0 spiro atoms. The van der Waals surface area contributed by atoms with E-state index < -0.39 is 66.3 Å². The lowest BCUT2D eigenvalue weighted by Gasteiger charge is -2.33. The Hall–Kier alpha value is -2.82. The first kappa shape index (κ1) is 39.2. The van der Waals surface area contributed by atoms with E-state index in [1.165, 1.54) is 20.8 Å². The number of carbonyl (C=O) groups is 6. The predicted molar refractivity (Wildman–Crippen MR) is 142 cm³/mol. The molecular weight excluding hydrogens is 564 g/mol. The summed E-state index contributed by atoms with van der Waals surface area (Å²) < 4.78 is 31.2. The molecule has 15 nitrogen and oxygen atoms in total. The van der Waals surface area contributed by atoms with E-state index in [2.05, 4.69) is 0 Å². The summed E-state index contributed by atoms with van der Waals surface area (Å²) >= 11 is 0. The molecule has 0 bridgehead atoms. The monoisotopic (exact) mass is 608 g/mol. The van der Waals surface area contributed by atoms with E-state index in [1.54, 1.807) is 0 Å². The van der Waals surface area contributed by atoms with Crippen LogP contribution in [0.4, 0.5) is 0 Å². The van der Waals surface area contributed by atoms with Crippen molar-refractivity contribution in [2.24, 2.45) is 0 Å². The third-order valence-electron chi connectivity index (χ3n) is 5.53. The van der Waals surface area contributed by atoms with Crippen molar-refractivity contribution >= 4 is 35.3 Å². The maximum absolute atomic E-state index is 11.5. The van der Waals surface area contributed by atoms with Crippen LogP contribution in [0.25, 0.3) is 0 Å². The number of carbonyl (C=O) groups excluding carboxylic acids is 6. The molecule has 0 saturated carbocycles. The Kier molecular flexibility index (Phi) is 22.1. The molecule has 0 aliphatic carbocycles. The van der Waals surface area contributed by atoms with Crippen molar-refractivity contribution < 1.29 is 72.5 Å². The van der Waals surface area contributed by atoms with Crippen molar-refractivity contribution in [1.82, 2.24) is 0 Å². The highest BCUT2D eigenvalue weighted by Gasteiger charge is 2.35. The third-order valence-corrected chi connectivity index (χ3v) is 5.53. The van der Waals surface area contributed by atoms with Crippen LogP contribution >= 0.6 is 0 Å². The summed E-state index contributed by atoms with van der Waals surface area (Å²) in [6.45, 7) is 2.92. The van der Waals surface area contributed by atoms with Crippen LogP contribution in [-0.4, -0.2) is 128 Å². The Balaban J connectivity index is 5.08. The van der Waals surface area contributed by atoms with Gasteiger partial charge >= 0.3 is 17.9 Å². The van der Waals surface area contributed by atoms with Crippen molar-refractivity contribution in [2.75, 3.05) is 52.9 Å². The predicted octanol–water partition coefficient (Wildman–Crippen LogP) is -0.775. The van der Waals surface area contributed by atoms with Gasteiger partial charge in [0.2, 0.25) is 17.3 Å². The summed E-state index contributed by atoms with van der Waals surface area (Å²) in [6.07, 6.45) is -4.97. The number of ether oxygens (including phenoxy) is 6. The van der Waals surface area contributed by atoms with Gasteiger partial charge in [0.05, 0.1) is 46.2 Å². The van der Waals surface area contributed by atoms with Crippen LogP contribution < -0.4 is 0 Å². The molecule has 0 saturated heterocycles. The van der Waals surface area contributed by atoms with Gasteiger partial charge in [0, 0.05) is 45.1 Å². The van der Waals surface area contributed by atoms with E-state index >= 15 is 0 Å². The SMILES string of the molecule is CCC(=O)C(=O)OCCCOCC(O)C(OCCCOC(=O)C(=O)CC)C(OCCCOC(=O)C(=O)CC)C(O)CO. The Labute approximate surface area is 244 Å². The van der Waals surface area contributed by atoms with E-state index in [0.29, 0.717) is 0 Å². The number of esters is 3. The summed E-state index contributed by atoms with van der Waals surface area (Å²) in [4.78, 5) is 68.3. The molecule has 0 heterocycles. The Bertz CT molecular complexity index is 843. The molecule has 4 atom stereocenters. The van der Waals surface area contributed by atoms with E-state index in [1.807, 2.05) is 0 Å². The zero-order chi connectivity index (χ0) is 31.9. The normalized spacial score (nSPS) is 13.9. The molecule has 4 unspecified atom stereocenters. The summed E-state index contributed by atoms with van der Waals surface area (Å²) in [5.74, 6) is -4.92. The van der Waals surface area contributed by atoms with Gasteiger partial charge in [0.25, 0.3) is 0 Å². The maximum atomic E-state index is 11.5. The molecule has 0 aliphatic heterocycles. The van der Waals surface area contributed by atoms with Crippen LogP contribution in [0, 0.1) is 0 Å². The van der Waals surface area contributed by atoms with Gasteiger partial charge in [0.15, 0.2) is 0 Å². The summed E-state index contributed by atoms with van der Waals surface area (Å²) in [6, 6.07) is 0. The number of aliphatic hydroxyl groups is 3. The largest absolute Gasteiger partial charge is 0.460 e. The molecule has 0 aromatic heterocycles. The third kappa shape index (κ3) is 16.6. The van der Waals surface area contributed by atoms with E-state index in [4.69, 9.17) is 28.4 Å². The maximum Gasteiger partial charge on any atom is 0.374 e. The standard InChI is InChI=1S/C27H44O15/c1-4-18(29)25(34)40-13-7-10-37-17-22(33)24(39-12-9-15-42-27(36)20(31)6-3)23(21(32)16-28)38-11-8-14-41-26(35)19(30)5-2/h21-24,28,32-33H,4-17H2,1-3H3. The Morgan fingerprint density at radius 2 is 0.905 bits per heavy atom. The fourth-order valence-corrected chi connectivity index (χ4v) is 3.14. The van der Waals surface area contributed by atoms with Gasteiger partial charge in [-0.25, -0.2) is 14.4 Å². The van der Waals surface area contributed by atoms with Crippen LogP contribution in [-0.2, 0) is 57.2 Å². The highest BCUT2D eigenvalue weighted by Crippen LogP contribution is 2.16. The molecule has 0 rings (SSSR count). The molecular formula is C27H44O15. The van der Waals surface area contributed by atoms with Crippen molar-refractivity contribution in [3.8, 4) is 0 Å². The zero-order valence-electron chi connectivity index (χ0n) is 24.4. The second-order valence-corrected chi connectivity index (χ2v) is 8.86. The molecule has 242 valence electrons. The number of Topliss-reactive ketones (excluding diaryl/α,β-unsaturated/α-hetero) is 3. The number of hydrogen-bond donors (Lipinski definition) is 3. The Morgan fingerprint density at radius 3 is 1.26 bits per heavy atom. The number of hydrogen-bond acceptors (Lipinski definition) is 15. The molecule has 0 aromatic carbocycles. The first-order chi connectivity index (χ1) is 20.0. The average molecular weight is 609 g/mol. The molecule has 42 heavy (non-hydrogen) atoms. The van der Waals surface area contributed by atoms with Crippen LogP contribution in [0.15, 0.2) is 0 Å². The van der Waals surface area contributed by atoms with E-state index in [-0.39, 0.29) is 84.8 Å². The summed E-state index contributed by atoms with van der Waals surface area (Å²) in [5, 5.41) is 30.7. The van der Waals surface area contributed by atoms with E-state index in [9.17, 15) is 44.1 Å². The minimum atomic E-state index is -1.51. The minimum absolute atomic E-state index is 0.00311. The van der Waals surface area contributed by atoms with Gasteiger partial charge in [-0.1, -0.05) is 20.8 Å². The van der Waals surface area contributed by atoms with Crippen LogP contribution in [0.2, 0.25) is 0 Å². The van der Waals surface area contributed by atoms with E-state index in [0.717, 1.165) is 0 Å². The molecule has 3 N–H and O–H groups in total. The lowest BCUT2D eigenvalue weighted by Crippen LogP contribution is -2.50. The van der Waals surface area contributed by atoms with Crippen molar-refractivity contribution in [2.45, 2.75) is 83.7 Å². The van der Waals surface area contributed by atoms with Gasteiger partial charge in [-0.3, -0.25) is 14.4 Å². The molecule has 0 aromatic rings. The van der Waals surface area contributed by atoms with Gasteiger partial charge < -0.3 is 43.7 Å². The first-order valence-electron chi connectivity index (χ1n) is 13.9. The molecule has 0 amide bonds. The smallest absolute Gasteiger partial charge is 0.374 e.